The Labute approximate surface area is 161 Å². The number of piperidine rings is 2. The molecule has 0 spiro atoms. The minimum absolute atomic E-state index is 0.344. The van der Waals surface area contributed by atoms with Crippen molar-refractivity contribution in [2.45, 2.75) is 45.2 Å². The average molecular weight is 370 g/mol. The van der Waals surface area contributed by atoms with E-state index in [-0.39, 0.29) is 0 Å². The van der Waals surface area contributed by atoms with Crippen LogP contribution in [0.3, 0.4) is 0 Å². The Morgan fingerprint density at radius 2 is 2.15 bits per heavy atom. The van der Waals surface area contributed by atoms with E-state index >= 15 is 0 Å². The van der Waals surface area contributed by atoms with E-state index in [1.807, 2.05) is 6.92 Å². The highest BCUT2D eigenvalue weighted by atomic mass is 16.5. The maximum absolute atomic E-state index is 12.5. The van der Waals surface area contributed by atoms with Crippen LogP contribution in [0.4, 0.5) is 0 Å². The van der Waals surface area contributed by atoms with Crippen LogP contribution in [0.15, 0.2) is 30.3 Å². The van der Waals surface area contributed by atoms with Gasteiger partial charge in [0, 0.05) is 63.1 Å². The van der Waals surface area contributed by atoms with Crippen molar-refractivity contribution in [1.29, 1.82) is 0 Å². The van der Waals surface area contributed by atoms with Crippen molar-refractivity contribution < 1.29 is 9.53 Å². The minimum atomic E-state index is 0.344. The first kappa shape index (κ1) is 18.5. The highest BCUT2D eigenvalue weighted by Gasteiger charge is 2.38. The summed E-state index contributed by atoms with van der Waals surface area (Å²) in [5.41, 5.74) is 2.50. The fraction of sp³-hybridized carbons (Fsp3) is 0.591. The number of fused-ring (bicyclic) bond motifs is 2. The molecule has 2 atom stereocenters. The van der Waals surface area contributed by atoms with Crippen molar-refractivity contribution >= 4 is 16.8 Å². The maximum atomic E-state index is 12.5. The van der Waals surface area contributed by atoms with E-state index in [9.17, 15) is 4.79 Å². The SMILES string of the molecule is CCOCCCN1C(=O)CC[C@@H]2CN(Cc3cc4ccccc4[nH]3)CC[C@@H]21. The topological polar surface area (TPSA) is 48.6 Å². The smallest absolute Gasteiger partial charge is 0.222 e. The van der Waals surface area contributed by atoms with Crippen LogP contribution >= 0.6 is 0 Å². The van der Waals surface area contributed by atoms with Crippen LogP contribution in [-0.2, 0) is 16.1 Å². The zero-order chi connectivity index (χ0) is 18.6. The van der Waals surface area contributed by atoms with Gasteiger partial charge in [-0.25, -0.2) is 0 Å². The van der Waals surface area contributed by atoms with Gasteiger partial charge in [0.05, 0.1) is 0 Å². The summed E-state index contributed by atoms with van der Waals surface area (Å²) in [6, 6.07) is 11.2. The Morgan fingerprint density at radius 3 is 3.00 bits per heavy atom. The van der Waals surface area contributed by atoms with E-state index in [1.54, 1.807) is 0 Å². The van der Waals surface area contributed by atoms with Crippen molar-refractivity contribution in [2.75, 3.05) is 32.8 Å². The summed E-state index contributed by atoms with van der Waals surface area (Å²) >= 11 is 0. The lowest BCUT2D eigenvalue weighted by Crippen LogP contribution is -2.56. The monoisotopic (exact) mass is 369 g/mol. The molecular formula is C22H31N3O2. The quantitative estimate of drug-likeness (QED) is 0.761. The first-order valence-electron chi connectivity index (χ1n) is 10.4. The Balaban J connectivity index is 1.35. The summed E-state index contributed by atoms with van der Waals surface area (Å²) in [6.45, 7) is 7.50. The molecule has 146 valence electrons. The molecule has 5 heteroatoms. The van der Waals surface area contributed by atoms with E-state index in [0.717, 1.165) is 58.7 Å². The van der Waals surface area contributed by atoms with E-state index in [2.05, 4.69) is 45.1 Å². The van der Waals surface area contributed by atoms with Gasteiger partial charge in [0.1, 0.15) is 0 Å². The average Bonchev–Trinajstić information content (AvgIpc) is 3.09. The number of para-hydroxylation sites is 1. The van der Waals surface area contributed by atoms with E-state index in [4.69, 9.17) is 4.74 Å². The van der Waals surface area contributed by atoms with Crippen LogP contribution in [0.2, 0.25) is 0 Å². The lowest BCUT2D eigenvalue weighted by molar-refractivity contribution is -0.141. The molecule has 27 heavy (non-hydrogen) atoms. The van der Waals surface area contributed by atoms with Crippen LogP contribution in [0.1, 0.15) is 38.3 Å². The number of nitrogens with one attached hydrogen (secondary N) is 1. The molecule has 3 heterocycles. The van der Waals surface area contributed by atoms with Crippen molar-refractivity contribution in [3.8, 4) is 0 Å². The third kappa shape index (κ3) is 4.19. The third-order valence-corrected chi connectivity index (χ3v) is 6.10. The lowest BCUT2D eigenvalue weighted by Gasteiger charge is -2.47. The Kier molecular flexibility index (Phi) is 5.79. The Hall–Kier alpha value is -1.85. The van der Waals surface area contributed by atoms with Crippen LogP contribution in [0, 0.1) is 5.92 Å². The fourth-order valence-electron chi connectivity index (χ4n) is 4.80. The zero-order valence-corrected chi connectivity index (χ0v) is 16.3. The second kappa shape index (κ2) is 8.44. The highest BCUT2D eigenvalue weighted by molar-refractivity contribution is 5.80. The molecule has 1 N–H and O–H groups in total. The number of nitrogens with zero attached hydrogens (tertiary/aromatic N) is 2. The van der Waals surface area contributed by atoms with Gasteiger partial charge in [-0.15, -0.1) is 0 Å². The number of aromatic amines is 1. The van der Waals surface area contributed by atoms with E-state index < -0.39 is 0 Å². The number of likely N-dealkylation sites (tertiary alicyclic amines) is 2. The number of aromatic nitrogens is 1. The second-order valence-electron chi connectivity index (χ2n) is 7.91. The molecule has 5 nitrogen and oxygen atoms in total. The number of ether oxygens (including phenoxy) is 1. The number of carbonyl (C=O) groups excluding carboxylic acids is 1. The molecule has 2 fully saturated rings. The van der Waals surface area contributed by atoms with E-state index in [0.29, 0.717) is 24.3 Å². The van der Waals surface area contributed by atoms with Crippen LogP contribution in [0.25, 0.3) is 10.9 Å². The van der Waals surface area contributed by atoms with Gasteiger partial charge in [0.15, 0.2) is 0 Å². The summed E-state index contributed by atoms with van der Waals surface area (Å²) in [7, 11) is 0. The molecule has 2 aliphatic heterocycles. The minimum Gasteiger partial charge on any atom is -0.382 e. The predicted molar refractivity (Wildman–Crippen MR) is 108 cm³/mol. The van der Waals surface area contributed by atoms with Gasteiger partial charge in [-0.05, 0) is 49.6 Å². The Morgan fingerprint density at radius 1 is 1.26 bits per heavy atom. The summed E-state index contributed by atoms with van der Waals surface area (Å²) in [6.07, 6.45) is 3.78. The number of hydrogen-bond acceptors (Lipinski definition) is 3. The number of carbonyl (C=O) groups is 1. The van der Waals surface area contributed by atoms with Crippen LogP contribution < -0.4 is 0 Å². The number of benzene rings is 1. The lowest BCUT2D eigenvalue weighted by atomic mass is 9.83. The molecule has 2 aliphatic rings. The molecule has 4 rings (SSSR count). The second-order valence-corrected chi connectivity index (χ2v) is 7.91. The van der Waals surface area contributed by atoms with Gasteiger partial charge in [-0.3, -0.25) is 9.69 Å². The molecule has 1 aromatic carbocycles. The molecule has 0 unspecified atom stereocenters. The van der Waals surface area contributed by atoms with Gasteiger partial charge in [-0.1, -0.05) is 18.2 Å². The number of rotatable bonds is 7. The van der Waals surface area contributed by atoms with Gasteiger partial charge < -0.3 is 14.6 Å². The molecule has 0 saturated carbocycles. The molecule has 2 saturated heterocycles. The van der Waals surface area contributed by atoms with Crippen molar-refractivity contribution in [2.24, 2.45) is 5.92 Å². The summed E-state index contributed by atoms with van der Waals surface area (Å²) < 4.78 is 5.45. The summed E-state index contributed by atoms with van der Waals surface area (Å²) in [5.74, 6) is 0.949. The zero-order valence-electron chi connectivity index (χ0n) is 16.3. The fourth-order valence-corrected chi connectivity index (χ4v) is 4.80. The van der Waals surface area contributed by atoms with Gasteiger partial charge in [0.2, 0.25) is 5.91 Å². The third-order valence-electron chi connectivity index (χ3n) is 6.10. The molecule has 1 aromatic heterocycles. The summed E-state index contributed by atoms with van der Waals surface area (Å²) in [4.78, 5) is 20.7. The maximum Gasteiger partial charge on any atom is 0.222 e. The molecule has 0 radical (unpaired) electrons. The largest absolute Gasteiger partial charge is 0.382 e. The first-order chi connectivity index (χ1) is 13.2. The molecular weight excluding hydrogens is 338 g/mol. The number of H-pyrrole nitrogens is 1. The van der Waals surface area contributed by atoms with E-state index in [1.165, 1.54) is 16.6 Å². The molecule has 2 aromatic rings. The molecule has 0 aliphatic carbocycles. The highest BCUT2D eigenvalue weighted by Crippen LogP contribution is 2.32. The van der Waals surface area contributed by atoms with Gasteiger partial charge >= 0.3 is 0 Å². The normalized spacial score (nSPS) is 23.7. The number of hydrogen-bond donors (Lipinski definition) is 1. The van der Waals surface area contributed by atoms with Gasteiger partial charge in [-0.2, -0.15) is 0 Å². The molecule has 0 bridgehead atoms. The van der Waals surface area contributed by atoms with Gasteiger partial charge in [0.25, 0.3) is 0 Å². The Bertz CT molecular complexity index is 739. The summed E-state index contributed by atoms with van der Waals surface area (Å²) in [5, 5.41) is 1.28. The standard InChI is InChI=1S/C22H31N3O2/c1-2-27-13-5-11-25-21-10-12-24(15-18(21)8-9-22(25)26)16-19-14-17-6-3-4-7-20(17)23-19/h3-4,6-7,14,18,21,23H,2,5,8-13,15-16H2,1H3/t18-,21+/m1/s1. The molecule has 1 amide bonds. The van der Waals surface area contributed by atoms with Crippen LogP contribution in [-0.4, -0.2) is 59.6 Å². The van der Waals surface area contributed by atoms with Crippen molar-refractivity contribution in [3.63, 3.8) is 0 Å². The predicted octanol–water partition coefficient (Wildman–Crippen LogP) is 3.41. The van der Waals surface area contributed by atoms with Crippen LogP contribution in [0.5, 0.6) is 0 Å². The van der Waals surface area contributed by atoms with Crippen molar-refractivity contribution in [1.82, 2.24) is 14.8 Å². The van der Waals surface area contributed by atoms with Crippen molar-refractivity contribution in [3.05, 3.63) is 36.0 Å². The first-order valence-corrected chi connectivity index (χ1v) is 10.4. The number of amides is 1.